The van der Waals surface area contributed by atoms with Crippen LogP contribution in [-0.4, -0.2) is 29.4 Å². The first-order valence-electron chi connectivity index (χ1n) is 7.44. The van der Waals surface area contributed by atoms with Crippen molar-refractivity contribution >= 4 is 28.2 Å². The molecule has 2 aromatic heterocycles. The van der Waals surface area contributed by atoms with Crippen molar-refractivity contribution < 1.29 is 19.1 Å². The Morgan fingerprint density at radius 1 is 1.13 bits per heavy atom. The number of ether oxygens (including phenoxy) is 2. The Morgan fingerprint density at radius 3 is 2.70 bits per heavy atom. The summed E-state index contributed by atoms with van der Waals surface area (Å²) in [5, 5.41) is 0.796. The minimum Gasteiger partial charge on any atom is -0.486 e. The number of hydrogen-bond donors (Lipinski definition) is 0. The molecule has 0 atom stereocenters. The van der Waals surface area contributed by atoms with Gasteiger partial charge in [-0.1, -0.05) is 6.07 Å². The molecule has 0 saturated carbocycles. The van der Waals surface area contributed by atoms with E-state index in [1.807, 2.05) is 40.9 Å². The number of carbonyl (C=O) groups is 2. The molecule has 0 spiro atoms. The van der Waals surface area contributed by atoms with E-state index in [2.05, 4.69) is 0 Å². The molecule has 23 heavy (non-hydrogen) atoms. The predicted octanol–water partition coefficient (Wildman–Crippen LogP) is 3.24. The van der Waals surface area contributed by atoms with Crippen molar-refractivity contribution in [2.45, 2.75) is 13.8 Å². The van der Waals surface area contributed by atoms with Gasteiger partial charge in [-0.2, -0.15) is 0 Å². The van der Waals surface area contributed by atoms with Gasteiger partial charge in [0, 0.05) is 17.6 Å². The van der Waals surface area contributed by atoms with Crippen molar-refractivity contribution in [3.63, 3.8) is 0 Å². The maximum atomic E-state index is 12.3. The first-order chi connectivity index (χ1) is 11.1. The molecular weight excluding hydrogens is 294 g/mol. The second kappa shape index (κ2) is 6.12. The number of pyridine rings is 1. The molecule has 3 rings (SSSR count). The van der Waals surface area contributed by atoms with Gasteiger partial charge in [-0.15, -0.1) is 0 Å². The summed E-state index contributed by atoms with van der Waals surface area (Å²) in [7, 11) is 0. The number of benzene rings is 1. The highest BCUT2D eigenvalue weighted by Gasteiger charge is 2.19. The van der Waals surface area contributed by atoms with Crippen molar-refractivity contribution in [2.75, 3.05) is 13.2 Å². The number of carbonyl (C=O) groups excluding carboxylic acids is 2. The summed E-state index contributed by atoms with van der Waals surface area (Å²) >= 11 is 0. The van der Waals surface area contributed by atoms with Crippen LogP contribution in [0.3, 0.4) is 0 Å². The zero-order valence-corrected chi connectivity index (χ0v) is 13.0. The van der Waals surface area contributed by atoms with E-state index in [0.717, 1.165) is 16.4 Å². The predicted molar refractivity (Wildman–Crippen MR) is 87.0 cm³/mol. The molecule has 2 heterocycles. The second-order valence-corrected chi connectivity index (χ2v) is 5.22. The van der Waals surface area contributed by atoms with Gasteiger partial charge in [0.2, 0.25) is 0 Å². The van der Waals surface area contributed by atoms with Gasteiger partial charge in [0.25, 0.3) is 0 Å². The van der Waals surface area contributed by atoms with Crippen LogP contribution in [-0.2, 0) is 9.53 Å². The number of rotatable bonds is 5. The molecule has 0 aliphatic carbocycles. The largest absolute Gasteiger partial charge is 0.486 e. The minimum absolute atomic E-state index is 0.0273. The fourth-order valence-corrected chi connectivity index (χ4v) is 2.61. The van der Waals surface area contributed by atoms with Crippen LogP contribution in [0.2, 0.25) is 0 Å². The fourth-order valence-electron chi connectivity index (χ4n) is 2.61. The topological polar surface area (TPSA) is 57.0 Å². The molecule has 0 aliphatic heterocycles. The van der Waals surface area contributed by atoms with Crippen molar-refractivity contribution in [1.29, 1.82) is 0 Å². The molecule has 3 aromatic rings. The SMILES string of the molecule is CCOC(=O)c1c2ccc(OCC(C)=O)cc2n2ccccc12. The number of fused-ring (bicyclic) bond motifs is 3. The summed E-state index contributed by atoms with van der Waals surface area (Å²) in [6.07, 6.45) is 1.88. The smallest absolute Gasteiger partial charge is 0.340 e. The maximum absolute atomic E-state index is 12.3. The van der Waals surface area contributed by atoms with Crippen LogP contribution in [0.4, 0.5) is 0 Å². The second-order valence-electron chi connectivity index (χ2n) is 5.22. The monoisotopic (exact) mass is 311 g/mol. The Hall–Kier alpha value is -2.82. The molecule has 1 aromatic carbocycles. The molecule has 0 saturated heterocycles. The first kappa shape index (κ1) is 15.1. The van der Waals surface area contributed by atoms with Gasteiger partial charge in [-0.05, 0) is 38.1 Å². The molecule has 5 nitrogen and oxygen atoms in total. The van der Waals surface area contributed by atoms with E-state index in [4.69, 9.17) is 9.47 Å². The zero-order valence-electron chi connectivity index (χ0n) is 13.0. The van der Waals surface area contributed by atoms with E-state index in [9.17, 15) is 9.59 Å². The van der Waals surface area contributed by atoms with Gasteiger partial charge in [0.15, 0.2) is 5.78 Å². The van der Waals surface area contributed by atoms with Crippen molar-refractivity contribution in [3.05, 3.63) is 48.2 Å². The Kier molecular flexibility index (Phi) is 4.02. The summed E-state index contributed by atoms with van der Waals surface area (Å²) in [6.45, 7) is 3.61. The highest BCUT2D eigenvalue weighted by molar-refractivity contribution is 6.11. The van der Waals surface area contributed by atoms with Gasteiger partial charge in [-0.25, -0.2) is 4.79 Å². The van der Waals surface area contributed by atoms with E-state index in [-0.39, 0.29) is 18.4 Å². The van der Waals surface area contributed by atoms with E-state index in [0.29, 0.717) is 17.9 Å². The molecule has 5 heteroatoms. The molecule has 118 valence electrons. The first-order valence-corrected chi connectivity index (χ1v) is 7.44. The summed E-state index contributed by atoms with van der Waals surface area (Å²) in [6, 6.07) is 11.1. The fraction of sp³-hybridized carbons (Fsp3) is 0.222. The highest BCUT2D eigenvalue weighted by Crippen LogP contribution is 2.30. The summed E-state index contributed by atoms with van der Waals surface area (Å²) < 4.78 is 12.6. The van der Waals surface area contributed by atoms with Crippen LogP contribution in [0.25, 0.3) is 16.4 Å². The molecule has 0 amide bonds. The van der Waals surface area contributed by atoms with Crippen molar-refractivity contribution in [3.8, 4) is 5.75 Å². The lowest BCUT2D eigenvalue weighted by atomic mass is 10.1. The van der Waals surface area contributed by atoms with E-state index < -0.39 is 0 Å². The Bertz CT molecular complexity index is 895. The van der Waals surface area contributed by atoms with Crippen molar-refractivity contribution in [1.82, 2.24) is 4.40 Å². The molecule has 0 bridgehead atoms. The zero-order chi connectivity index (χ0) is 16.4. The molecule has 0 aliphatic rings. The van der Waals surface area contributed by atoms with E-state index in [1.165, 1.54) is 6.92 Å². The van der Waals surface area contributed by atoms with E-state index >= 15 is 0 Å². The normalized spacial score (nSPS) is 10.9. The molecular formula is C18H17NO4. The summed E-state index contributed by atoms with van der Waals surface area (Å²) in [5.41, 5.74) is 2.16. The van der Waals surface area contributed by atoms with Gasteiger partial charge in [0.1, 0.15) is 12.4 Å². The number of aromatic nitrogens is 1. The third-order valence-corrected chi connectivity index (χ3v) is 3.54. The van der Waals surface area contributed by atoms with Crippen LogP contribution >= 0.6 is 0 Å². The minimum atomic E-state index is -0.344. The van der Waals surface area contributed by atoms with Crippen LogP contribution < -0.4 is 4.74 Å². The summed E-state index contributed by atoms with van der Waals surface area (Å²) in [4.78, 5) is 23.4. The third kappa shape index (κ3) is 2.77. The van der Waals surface area contributed by atoms with Crippen LogP contribution in [0.1, 0.15) is 24.2 Å². The van der Waals surface area contributed by atoms with Crippen LogP contribution in [0.15, 0.2) is 42.6 Å². The van der Waals surface area contributed by atoms with Crippen LogP contribution in [0, 0.1) is 0 Å². The molecule has 0 radical (unpaired) electrons. The van der Waals surface area contributed by atoms with Crippen molar-refractivity contribution in [2.24, 2.45) is 0 Å². The number of esters is 1. The number of nitrogens with zero attached hydrogens (tertiary/aromatic N) is 1. The Balaban J connectivity index is 2.18. The average Bonchev–Trinajstić information content (AvgIpc) is 2.87. The highest BCUT2D eigenvalue weighted by atomic mass is 16.5. The summed E-state index contributed by atoms with van der Waals surface area (Å²) in [5.74, 6) is 0.201. The lowest BCUT2D eigenvalue weighted by Gasteiger charge is -2.04. The lowest BCUT2D eigenvalue weighted by molar-refractivity contribution is -0.118. The Morgan fingerprint density at radius 2 is 1.96 bits per heavy atom. The number of hydrogen-bond acceptors (Lipinski definition) is 4. The average molecular weight is 311 g/mol. The lowest BCUT2D eigenvalue weighted by Crippen LogP contribution is -2.06. The van der Waals surface area contributed by atoms with Gasteiger partial charge in [-0.3, -0.25) is 4.79 Å². The van der Waals surface area contributed by atoms with Crippen LogP contribution in [0.5, 0.6) is 5.75 Å². The molecule has 0 unspecified atom stereocenters. The van der Waals surface area contributed by atoms with Gasteiger partial charge < -0.3 is 13.9 Å². The quantitative estimate of drug-likeness (QED) is 0.679. The standard InChI is InChI=1S/C18H17NO4/c1-3-22-18(21)17-14-8-7-13(23-11-12(2)20)10-16(14)19-9-5-4-6-15(17)19/h4-10H,3,11H2,1-2H3. The molecule has 0 N–H and O–H groups in total. The molecule has 0 fully saturated rings. The number of ketones is 1. The van der Waals surface area contributed by atoms with E-state index in [1.54, 1.807) is 13.0 Å². The Labute approximate surface area is 133 Å². The third-order valence-electron chi connectivity index (χ3n) is 3.54. The van der Waals surface area contributed by atoms with Gasteiger partial charge in [0.05, 0.1) is 23.2 Å². The maximum Gasteiger partial charge on any atom is 0.340 e. The van der Waals surface area contributed by atoms with Gasteiger partial charge >= 0.3 is 5.97 Å². The number of Topliss-reactive ketones (excluding diaryl/α,β-unsaturated/α-hetero) is 1.